The van der Waals surface area contributed by atoms with Crippen LogP contribution in [0.4, 0.5) is 5.69 Å². The fourth-order valence-electron chi connectivity index (χ4n) is 4.34. The highest BCUT2D eigenvalue weighted by molar-refractivity contribution is 7.93. The number of imide groups is 1. The third kappa shape index (κ3) is 5.49. The summed E-state index contributed by atoms with van der Waals surface area (Å²) in [4.78, 5) is 39.8. The molecule has 3 aromatic rings. The van der Waals surface area contributed by atoms with Gasteiger partial charge >= 0.3 is 0 Å². The summed E-state index contributed by atoms with van der Waals surface area (Å²) in [5, 5.41) is 0. The highest BCUT2D eigenvalue weighted by Gasteiger charge is 2.35. The minimum absolute atomic E-state index is 0.0156. The number of benzene rings is 3. The lowest BCUT2D eigenvalue weighted by Gasteiger charge is -2.23. The van der Waals surface area contributed by atoms with Gasteiger partial charge in [0.1, 0.15) is 0 Å². The van der Waals surface area contributed by atoms with Crippen LogP contribution in [0.5, 0.6) is 0 Å². The summed E-state index contributed by atoms with van der Waals surface area (Å²) in [6.45, 7) is 3.98. The zero-order valence-electron chi connectivity index (χ0n) is 21.0. The van der Waals surface area contributed by atoms with Crippen LogP contribution in [0.1, 0.15) is 64.4 Å². The second-order valence-electron chi connectivity index (χ2n) is 9.16. The van der Waals surface area contributed by atoms with E-state index in [0.717, 1.165) is 39.6 Å². The highest BCUT2D eigenvalue weighted by Crippen LogP contribution is 2.27. The molecule has 0 spiro atoms. The van der Waals surface area contributed by atoms with Gasteiger partial charge in [-0.25, -0.2) is 12.7 Å². The predicted octanol–water partition coefficient (Wildman–Crippen LogP) is 5.14. The summed E-state index contributed by atoms with van der Waals surface area (Å²) in [6.07, 6.45) is 2.91. The molecule has 37 heavy (non-hydrogen) atoms. The quantitative estimate of drug-likeness (QED) is 0.347. The van der Waals surface area contributed by atoms with Crippen molar-refractivity contribution in [1.82, 2.24) is 4.90 Å². The van der Waals surface area contributed by atoms with Crippen molar-refractivity contribution in [3.63, 3.8) is 0 Å². The largest absolute Gasteiger partial charge is 0.274 e. The van der Waals surface area contributed by atoms with E-state index < -0.39 is 27.7 Å². The number of unbranched alkanes of at least 4 members (excludes halogenated alkanes) is 1. The van der Waals surface area contributed by atoms with Gasteiger partial charge in [-0.2, -0.15) is 0 Å². The second kappa shape index (κ2) is 11.1. The summed E-state index contributed by atoms with van der Waals surface area (Å²) in [7, 11) is -4.18. The molecule has 3 aromatic carbocycles. The Morgan fingerprint density at radius 3 is 2.00 bits per heavy atom. The molecular weight excluding hydrogens is 488 g/mol. The van der Waals surface area contributed by atoms with E-state index in [1.54, 1.807) is 48.5 Å². The van der Waals surface area contributed by atoms with E-state index >= 15 is 0 Å². The Bertz CT molecular complexity index is 1380. The van der Waals surface area contributed by atoms with Gasteiger partial charge in [0.15, 0.2) is 0 Å². The van der Waals surface area contributed by atoms with Crippen molar-refractivity contribution in [3.05, 3.63) is 95.1 Å². The topological polar surface area (TPSA) is 91.8 Å². The minimum Gasteiger partial charge on any atom is -0.274 e. The highest BCUT2D eigenvalue weighted by atomic mass is 32.2. The predicted molar refractivity (Wildman–Crippen MR) is 142 cm³/mol. The van der Waals surface area contributed by atoms with Gasteiger partial charge in [0.05, 0.1) is 21.7 Å². The first-order chi connectivity index (χ1) is 17.7. The fourth-order valence-corrected chi connectivity index (χ4v) is 5.79. The Labute approximate surface area is 217 Å². The molecule has 0 N–H and O–H groups in total. The minimum atomic E-state index is -4.18. The third-order valence-corrected chi connectivity index (χ3v) is 8.19. The Morgan fingerprint density at radius 1 is 0.838 bits per heavy atom. The Hall–Kier alpha value is -3.78. The van der Waals surface area contributed by atoms with Crippen LogP contribution < -0.4 is 4.31 Å². The molecule has 0 aliphatic carbocycles. The summed E-state index contributed by atoms with van der Waals surface area (Å²) in [5.41, 5.74) is 2.90. The monoisotopic (exact) mass is 518 g/mol. The van der Waals surface area contributed by atoms with Gasteiger partial charge in [0.2, 0.25) is 5.91 Å². The number of rotatable bonds is 10. The number of sulfonamides is 1. The number of fused-ring (bicyclic) bond motifs is 1. The summed E-state index contributed by atoms with van der Waals surface area (Å²) < 4.78 is 28.0. The molecule has 0 saturated carbocycles. The normalized spacial score (nSPS) is 13.1. The van der Waals surface area contributed by atoms with Crippen LogP contribution in [0.15, 0.2) is 77.7 Å². The van der Waals surface area contributed by atoms with Gasteiger partial charge < -0.3 is 0 Å². The molecule has 0 radical (unpaired) electrons. The molecule has 0 fully saturated rings. The molecule has 3 amide bonds. The van der Waals surface area contributed by atoms with Crippen LogP contribution in [0, 0.1) is 6.92 Å². The van der Waals surface area contributed by atoms with E-state index in [9.17, 15) is 22.8 Å². The lowest BCUT2D eigenvalue weighted by molar-refractivity contribution is -0.117. The van der Waals surface area contributed by atoms with Crippen LogP contribution in [0.25, 0.3) is 0 Å². The molecule has 7 nitrogen and oxygen atoms in total. The number of hydrogen-bond donors (Lipinski definition) is 0. The van der Waals surface area contributed by atoms with E-state index in [2.05, 4.69) is 6.92 Å². The maximum atomic E-state index is 13.6. The molecule has 192 valence electrons. The second-order valence-corrected chi connectivity index (χ2v) is 10.9. The molecule has 0 saturated heterocycles. The number of carbonyl (C=O) groups excluding carboxylic acids is 3. The Balaban J connectivity index is 1.55. The van der Waals surface area contributed by atoms with Crippen LogP contribution in [0.3, 0.4) is 0 Å². The molecule has 8 heteroatoms. The van der Waals surface area contributed by atoms with Gasteiger partial charge in [-0.1, -0.05) is 55.3 Å². The first-order valence-electron chi connectivity index (χ1n) is 12.4. The van der Waals surface area contributed by atoms with E-state index in [4.69, 9.17) is 0 Å². The van der Waals surface area contributed by atoms with Crippen molar-refractivity contribution in [2.24, 2.45) is 0 Å². The van der Waals surface area contributed by atoms with Crippen molar-refractivity contribution in [1.29, 1.82) is 0 Å². The van der Waals surface area contributed by atoms with E-state index in [1.165, 1.54) is 12.1 Å². The first-order valence-corrected chi connectivity index (χ1v) is 13.9. The molecular formula is C29H30N2O5S. The lowest BCUT2D eigenvalue weighted by Crippen LogP contribution is -2.38. The van der Waals surface area contributed by atoms with Gasteiger partial charge in [-0.05, 0) is 68.1 Å². The van der Waals surface area contributed by atoms with Crippen LogP contribution in [-0.2, 0) is 21.2 Å². The number of nitrogens with zero attached hydrogens (tertiary/aromatic N) is 2. The number of anilines is 1. The van der Waals surface area contributed by atoms with E-state index in [1.807, 2.05) is 19.1 Å². The number of amides is 3. The molecule has 1 aliphatic rings. The molecule has 1 aliphatic heterocycles. The summed E-state index contributed by atoms with van der Waals surface area (Å²) in [6, 6.07) is 19.9. The zero-order valence-corrected chi connectivity index (χ0v) is 21.8. The maximum absolute atomic E-state index is 13.6. The molecule has 0 aromatic heterocycles. The van der Waals surface area contributed by atoms with Crippen LogP contribution >= 0.6 is 0 Å². The van der Waals surface area contributed by atoms with E-state index in [0.29, 0.717) is 11.1 Å². The summed E-state index contributed by atoms with van der Waals surface area (Å²) >= 11 is 0. The van der Waals surface area contributed by atoms with Crippen molar-refractivity contribution in [3.8, 4) is 0 Å². The molecule has 0 atom stereocenters. The molecule has 4 rings (SSSR count). The number of hydrogen-bond acceptors (Lipinski definition) is 5. The van der Waals surface area contributed by atoms with Gasteiger partial charge in [0.25, 0.3) is 21.8 Å². The Morgan fingerprint density at radius 2 is 1.43 bits per heavy atom. The maximum Gasteiger partial charge on any atom is 0.270 e. The lowest BCUT2D eigenvalue weighted by atomic mass is 10.1. The van der Waals surface area contributed by atoms with Gasteiger partial charge in [0, 0.05) is 13.0 Å². The summed E-state index contributed by atoms with van der Waals surface area (Å²) in [5.74, 6) is -1.43. The van der Waals surface area contributed by atoms with Crippen LogP contribution in [0.2, 0.25) is 0 Å². The molecule has 1 heterocycles. The van der Waals surface area contributed by atoms with Crippen molar-refractivity contribution < 1.29 is 22.8 Å². The SMILES string of the molecule is CCCCc1ccc(N(C(=O)CCCN2C(=O)c3ccccc3C2=O)S(=O)(=O)c2ccc(C)cc2)cc1. The van der Waals surface area contributed by atoms with Crippen molar-refractivity contribution in [2.45, 2.75) is 50.8 Å². The van der Waals surface area contributed by atoms with Gasteiger partial charge in [-0.15, -0.1) is 0 Å². The van der Waals surface area contributed by atoms with Crippen molar-refractivity contribution in [2.75, 3.05) is 10.8 Å². The number of aryl methyl sites for hydroxylation is 2. The number of carbonyl (C=O) groups is 3. The average Bonchev–Trinajstić information content (AvgIpc) is 3.13. The standard InChI is InChI=1S/C29H30N2O5S/c1-3-4-8-22-14-16-23(17-15-22)31(37(35,36)24-18-12-21(2)13-19-24)27(32)11-7-20-30-28(33)25-9-5-6-10-26(25)29(30)34/h5-6,9-10,12-19H,3-4,7-8,11,20H2,1-2H3. The zero-order chi connectivity index (χ0) is 26.6. The third-order valence-electron chi connectivity index (χ3n) is 6.43. The van der Waals surface area contributed by atoms with Gasteiger partial charge in [-0.3, -0.25) is 19.3 Å². The molecule has 0 bridgehead atoms. The Kier molecular flexibility index (Phi) is 7.88. The van der Waals surface area contributed by atoms with E-state index in [-0.39, 0.29) is 30.0 Å². The fraction of sp³-hybridized carbons (Fsp3) is 0.276. The first kappa shape index (κ1) is 26.3. The van der Waals surface area contributed by atoms with Crippen molar-refractivity contribution >= 4 is 33.4 Å². The average molecular weight is 519 g/mol. The van der Waals surface area contributed by atoms with Crippen LogP contribution in [-0.4, -0.2) is 37.6 Å². The molecule has 0 unspecified atom stereocenters. The smallest absolute Gasteiger partial charge is 0.270 e.